The number of hydrogen-bond acceptors (Lipinski definition) is 5. The highest BCUT2D eigenvalue weighted by Gasteiger charge is 2.29. The minimum absolute atomic E-state index is 0.226. The number of piperazine rings is 1. The summed E-state index contributed by atoms with van der Waals surface area (Å²) in [5.74, 6) is -0.272. The van der Waals surface area contributed by atoms with Crippen molar-refractivity contribution in [2.45, 2.75) is 31.2 Å². The maximum atomic E-state index is 13.0. The van der Waals surface area contributed by atoms with Gasteiger partial charge in [0.2, 0.25) is 10.0 Å². The Balaban J connectivity index is 1.40. The minimum Gasteiger partial charge on any atom is -0.369 e. The highest BCUT2D eigenvalue weighted by Crippen LogP contribution is 2.25. The zero-order valence-electron chi connectivity index (χ0n) is 18.9. The van der Waals surface area contributed by atoms with Crippen LogP contribution < -0.4 is 10.2 Å². The van der Waals surface area contributed by atoms with Crippen molar-refractivity contribution in [1.82, 2.24) is 14.5 Å². The number of benzene rings is 2. The van der Waals surface area contributed by atoms with Crippen LogP contribution in [0.2, 0.25) is 0 Å². The monoisotopic (exact) mass is 456 g/mol. The average molecular weight is 457 g/mol. The molecule has 2 aliphatic heterocycles. The first-order chi connectivity index (χ1) is 15.3. The van der Waals surface area contributed by atoms with Gasteiger partial charge in [0.05, 0.1) is 4.90 Å². The molecule has 0 aliphatic carbocycles. The molecular weight excluding hydrogens is 424 g/mol. The maximum Gasteiger partial charge on any atom is 0.251 e. The first kappa shape index (κ1) is 22.8. The van der Waals surface area contributed by atoms with Crippen LogP contribution in [0, 0.1) is 6.92 Å². The van der Waals surface area contributed by atoms with Gasteiger partial charge in [0, 0.05) is 57.1 Å². The highest BCUT2D eigenvalue weighted by atomic mass is 32.2. The average Bonchev–Trinajstić information content (AvgIpc) is 3.35. The van der Waals surface area contributed by atoms with Gasteiger partial charge in [-0.15, -0.1) is 0 Å². The lowest BCUT2D eigenvalue weighted by atomic mass is 10.1. The summed E-state index contributed by atoms with van der Waals surface area (Å²) in [6.45, 7) is 7.40. The Labute approximate surface area is 191 Å². The zero-order valence-corrected chi connectivity index (χ0v) is 19.7. The summed E-state index contributed by atoms with van der Waals surface area (Å²) in [5.41, 5.74) is 3.23. The van der Waals surface area contributed by atoms with Crippen molar-refractivity contribution < 1.29 is 13.2 Å². The first-order valence-electron chi connectivity index (χ1n) is 11.3. The van der Waals surface area contributed by atoms with E-state index in [9.17, 15) is 13.2 Å². The fourth-order valence-electron chi connectivity index (χ4n) is 4.26. The van der Waals surface area contributed by atoms with Gasteiger partial charge in [0.1, 0.15) is 0 Å². The topological polar surface area (TPSA) is 73.0 Å². The molecule has 2 heterocycles. The summed E-state index contributed by atoms with van der Waals surface area (Å²) in [5, 5.41) is 2.92. The van der Waals surface area contributed by atoms with Crippen LogP contribution in [0.4, 0.5) is 5.69 Å². The van der Waals surface area contributed by atoms with E-state index in [-0.39, 0.29) is 10.8 Å². The van der Waals surface area contributed by atoms with Gasteiger partial charge in [-0.1, -0.05) is 18.2 Å². The second-order valence-electron chi connectivity index (χ2n) is 8.73. The molecule has 0 unspecified atom stereocenters. The summed E-state index contributed by atoms with van der Waals surface area (Å²) in [6, 6.07) is 13.2. The number of carbonyl (C=O) groups excluding carboxylic acids is 1. The summed E-state index contributed by atoms with van der Waals surface area (Å²) >= 11 is 0. The van der Waals surface area contributed by atoms with Gasteiger partial charge >= 0.3 is 0 Å². The van der Waals surface area contributed by atoms with Gasteiger partial charge in [-0.2, -0.15) is 4.31 Å². The van der Waals surface area contributed by atoms with E-state index < -0.39 is 10.0 Å². The van der Waals surface area contributed by atoms with Crippen molar-refractivity contribution in [1.29, 1.82) is 0 Å². The van der Waals surface area contributed by atoms with Crippen molar-refractivity contribution in [3.05, 3.63) is 59.2 Å². The van der Waals surface area contributed by atoms with Crippen molar-refractivity contribution in [2.24, 2.45) is 0 Å². The predicted octanol–water partition coefficient (Wildman–Crippen LogP) is 2.46. The minimum atomic E-state index is -3.57. The molecule has 172 valence electrons. The van der Waals surface area contributed by atoms with Gasteiger partial charge in [-0.25, -0.2) is 8.42 Å². The van der Waals surface area contributed by atoms with Crippen molar-refractivity contribution in [2.75, 3.05) is 51.2 Å². The predicted molar refractivity (Wildman–Crippen MR) is 126 cm³/mol. The molecule has 2 fully saturated rings. The third kappa shape index (κ3) is 4.98. The van der Waals surface area contributed by atoms with E-state index in [1.165, 1.54) is 16.1 Å². The summed E-state index contributed by atoms with van der Waals surface area (Å²) in [7, 11) is -1.43. The van der Waals surface area contributed by atoms with Crippen LogP contribution in [-0.2, 0) is 16.6 Å². The molecule has 2 aliphatic rings. The number of hydrogen-bond donors (Lipinski definition) is 1. The van der Waals surface area contributed by atoms with Crippen LogP contribution in [0.5, 0.6) is 0 Å². The molecule has 2 aromatic rings. The summed E-state index contributed by atoms with van der Waals surface area (Å²) in [4.78, 5) is 17.7. The molecule has 4 rings (SSSR count). The first-order valence-corrected chi connectivity index (χ1v) is 12.7. The van der Waals surface area contributed by atoms with Crippen molar-refractivity contribution in [3.8, 4) is 0 Å². The van der Waals surface area contributed by atoms with Crippen LogP contribution in [0.25, 0.3) is 0 Å². The van der Waals surface area contributed by atoms with Crippen molar-refractivity contribution >= 4 is 21.6 Å². The third-order valence-corrected chi connectivity index (χ3v) is 8.43. The van der Waals surface area contributed by atoms with Crippen LogP contribution in [-0.4, -0.2) is 69.8 Å². The molecule has 0 atom stereocenters. The lowest BCUT2D eigenvalue weighted by Crippen LogP contribution is -2.44. The van der Waals surface area contributed by atoms with E-state index in [4.69, 9.17) is 0 Å². The molecule has 1 N–H and O–H groups in total. The third-order valence-electron chi connectivity index (χ3n) is 6.39. The number of aryl methyl sites for hydroxylation is 1. The number of anilines is 1. The summed E-state index contributed by atoms with van der Waals surface area (Å²) < 4.78 is 27.5. The lowest BCUT2D eigenvalue weighted by molar-refractivity contribution is 0.0950. The standard InChI is InChI=1S/C24H32N4O3S/c1-19-5-8-21(17-23(19)32(30,31)28-11-3-4-12-28)24(29)25-18-20-6-9-22(10-7-20)27-15-13-26(2)14-16-27/h5-10,17H,3-4,11-16,18H2,1-2H3,(H,25,29). The normalized spacial score (nSPS) is 18.1. The van der Waals surface area contributed by atoms with Crippen LogP contribution in [0.3, 0.4) is 0 Å². The van der Waals surface area contributed by atoms with Crippen LogP contribution >= 0.6 is 0 Å². The molecule has 1 amide bonds. The smallest absolute Gasteiger partial charge is 0.251 e. The van der Waals surface area contributed by atoms with E-state index in [1.54, 1.807) is 19.1 Å². The van der Waals surface area contributed by atoms with Gasteiger partial charge in [-0.3, -0.25) is 4.79 Å². The number of nitrogens with one attached hydrogen (secondary N) is 1. The van der Waals surface area contributed by atoms with Gasteiger partial charge in [0.25, 0.3) is 5.91 Å². The Morgan fingerprint density at radius 2 is 1.59 bits per heavy atom. The molecule has 0 aromatic heterocycles. The molecule has 32 heavy (non-hydrogen) atoms. The zero-order chi connectivity index (χ0) is 22.7. The van der Waals surface area contributed by atoms with Gasteiger partial charge in [-0.05, 0) is 62.2 Å². The van der Waals surface area contributed by atoms with E-state index in [2.05, 4.69) is 34.3 Å². The molecule has 0 spiro atoms. The van der Waals surface area contributed by atoms with Crippen LogP contribution in [0.1, 0.15) is 34.3 Å². The fraction of sp³-hybridized carbons (Fsp3) is 0.458. The largest absolute Gasteiger partial charge is 0.369 e. The molecule has 0 saturated carbocycles. The number of nitrogens with zero attached hydrogens (tertiary/aromatic N) is 3. The molecule has 8 heteroatoms. The Morgan fingerprint density at radius 1 is 0.938 bits per heavy atom. The Hall–Kier alpha value is -2.42. The lowest BCUT2D eigenvalue weighted by Gasteiger charge is -2.34. The Kier molecular flexibility index (Phi) is 6.83. The Morgan fingerprint density at radius 3 is 2.25 bits per heavy atom. The van der Waals surface area contributed by atoms with E-state index in [1.807, 2.05) is 12.1 Å². The second kappa shape index (κ2) is 9.60. The second-order valence-corrected chi connectivity index (χ2v) is 10.6. The molecule has 7 nitrogen and oxygen atoms in total. The quantitative estimate of drug-likeness (QED) is 0.723. The highest BCUT2D eigenvalue weighted by molar-refractivity contribution is 7.89. The number of likely N-dealkylation sites (N-methyl/N-ethyl adjacent to an activating group) is 1. The Bertz CT molecular complexity index is 1060. The molecule has 2 aromatic carbocycles. The number of sulfonamides is 1. The van der Waals surface area contributed by atoms with Gasteiger partial charge < -0.3 is 15.1 Å². The SMILES string of the molecule is Cc1ccc(C(=O)NCc2ccc(N3CCN(C)CC3)cc2)cc1S(=O)(=O)N1CCCC1. The number of amides is 1. The number of rotatable bonds is 6. The number of carbonyl (C=O) groups is 1. The van der Waals surface area contributed by atoms with Crippen LogP contribution in [0.15, 0.2) is 47.4 Å². The van der Waals surface area contributed by atoms with Gasteiger partial charge in [0.15, 0.2) is 0 Å². The molecule has 2 saturated heterocycles. The van der Waals surface area contributed by atoms with E-state index in [0.717, 1.165) is 44.6 Å². The summed E-state index contributed by atoms with van der Waals surface area (Å²) in [6.07, 6.45) is 1.76. The molecule has 0 bridgehead atoms. The molecule has 0 radical (unpaired) electrons. The fourth-order valence-corrected chi connectivity index (χ4v) is 6.03. The van der Waals surface area contributed by atoms with Crippen molar-refractivity contribution in [3.63, 3.8) is 0 Å². The van der Waals surface area contributed by atoms with E-state index >= 15 is 0 Å². The maximum absolute atomic E-state index is 13.0. The molecular formula is C24H32N4O3S. The van der Waals surface area contributed by atoms with E-state index in [0.29, 0.717) is 30.8 Å².